The van der Waals surface area contributed by atoms with Crippen LogP contribution < -0.4 is 0 Å². The third kappa shape index (κ3) is 2.17. The van der Waals surface area contributed by atoms with E-state index in [0.29, 0.717) is 0 Å². The zero-order chi connectivity index (χ0) is 14.1. The van der Waals surface area contributed by atoms with Crippen molar-refractivity contribution in [3.8, 4) is 16.9 Å². The first-order chi connectivity index (χ1) is 10.4. The van der Waals surface area contributed by atoms with Crippen molar-refractivity contribution in [1.82, 2.24) is 20.0 Å². The topological polar surface area (TPSA) is 43.6 Å². The van der Waals surface area contributed by atoms with Crippen molar-refractivity contribution in [3.63, 3.8) is 0 Å². The Balaban J connectivity index is 1.77. The van der Waals surface area contributed by atoms with Crippen molar-refractivity contribution < 1.29 is 0 Å². The second-order valence-electron chi connectivity index (χ2n) is 4.79. The van der Waals surface area contributed by atoms with Crippen LogP contribution in [-0.2, 0) is 0 Å². The summed E-state index contributed by atoms with van der Waals surface area (Å²) >= 11 is 0. The molecular weight excluding hydrogens is 260 g/mol. The average Bonchev–Trinajstić information content (AvgIpc) is 3.05. The van der Waals surface area contributed by atoms with Gasteiger partial charge in [-0.2, -0.15) is 0 Å². The minimum atomic E-state index is 0.851. The van der Waals surface area contributed by atoms with E-state index in [0.717, 1.165) is 27.8 Å². The maximum atomic E-state index is 4.33. The number of nitrogens with zero attached hydrogens (tertiary/aromatic N) is 4. The van der Waals surface area contributed by atoms with Crippen LogP contribution in [0.2, 0.25) is 0 Å². The van der Waals surface area contributed by atoms with Gasteiger partial charge in [-0.1, -0.05) is 35.5 Å². The largest absolute Gasteiger partial charge is 0.256 e. The molecule has 2 aromatic carbocycles. The van der Waals surface area contributed by atoms with E-state index in [4.69, 9.17) is 0 Å². The summed E-state index contributed by atoms with van der Waals surface area (Å²) < 4.78 is 1.78. The van der Waals surface area contributed by atoms with Crippen molar-refractivity contribution in [2.45, 2.75) is 0 Å². The monoisotopic (exact) mass is 272 g/mol. The molecule has 21 heavy (non-hydrogen) atoms. The molecule has 4 rings (SSSR count). The molecule has 0 aliphatic heterocycles. The van der Waals surface area contributed by atoms with Crippen LogP contribution >= 0.6 is 0 Å². The Kier molecular flexibility index (Phi) is 2.71. The van der Waals surface area contributed by atoms with Gasteiger partial charge in [-0.3, -0.25) is 4.98 Å². The Bertz CT molecular complexity index is 897. The molecule has 0 saturated carbocycles. The summed E-state index contributed by atoms with van der Waals surface area (Å²) in [4.78, 5) is 4.33. The number of rotatable bonds is 2. The van der Waals surface area contributed by atoms with Crippen LogP contribution in [0.3, 0.4) is 0 Å². The highest BCUT2D eigenvalue weighted by atomic mass is 15.4. The summed E-state index contributed by atoms with van der Waals surface area (Å²) in [5.41, 5.74) is 3.87. The fourth-order valence-electron chi connectivity index (χ4n) is 2.34. The number of pyridine rings is 1. The van der Waals surface area contributed by atoms with Gasteiger partial charge in [0.2, 0.25) is 0 Å². The molecule has 0 bridgehead atoms. The fourth-order valence-corrected chi connectivity index (χ4v) is 2.34. The van der Waals surface area contributed by atoms with Gasteiger partial charge in [0, 0.05) is 17.1 Å². The van der Waals surface area contributed by atoms with E-state index in [9.17, 15) is 0 Å². The first kappa shape index (κ1) is 11.8. The van der Waals surface area contributed by atoms with Crippen LogP contribution in [0, 0.1) is 0 Å². The van der Waals surface area contributed by atoms with E-state index in [1.54, 1.807) is 10.9 Å². The normalized spacial score (nSPS) is 10.9. The van der Waals surface area contributed by atoms with Gasteiger partial charge >= 0.3 is 0 Å². The second kappa shape index (κ2) is 4.83. The van der Waals surface area contributed by atoms with Crippen molar-refractivity contribution in [2.75, 3.05) is 0 Å². The maximum absolute atomic E-state index is 4.33. The Labute approximate surface area is 121 Å². The number of fused-ring (bicyclic) bond motifs is 1. The quantitative estimate of drug-likeness (QED) is 0.561. The van der Waals surface area contributed by atoms with Gasteiger partial charge in [0.15, 0.2) is 0 Å². The third-order valence-electron chi connectivity index (χ3n) is 3.41. The highest BCUT2D eigenvalue weighted by Crippen LogP contribution is 2.22. The molecule has 0 unspecified atom stereocenters. The predicted octanol–water partition coefficient (Wildman–Crippen LogP) is 3.48. The van der Waals surface area contributed by atoms with E-state index in [2.05, 4.69) is 21.4 Å². The zero-order valence-electron chi connectivity index (χ0n) is 11.2. The first-order valence-corrected chi connectivity index (χ1v) is 6.73. The highest BCUT2D eigenvalue weighted by molar-refractivity contribution is 5.83. The number of benzene rings is 2. The maximum Gasteiger partial charge on any atom is 0.113 e. The van der Waals surface area contributed by atoms with E-state index < -0.39 is 0 Å². The molecule has 0 fully saturated rings. The van der Waals surface area contributed by atoms with Gasteiger partial charge in [0.25, 0.3) is 0 Å². The third-order valence-corrected chi connectivity index (χ3v) is 3.41. The van der Waals surface area contributed by atoms with Crippen molar-refractivity contribution in [3.05, 3.63) is 73.1 Å². The zero-order valence-corrected chi connectivity index (χ0v) is 11.2. The summed E-state index contributed by atoms with van der Waals surface area (Å²) in [6.07, 6.45) is 3.74. The summed E-state index contributed by atoms with van der Waals surface area (Å²) in [7, 11) is 0. The van der Waals surface area contributed by atoms with Gasteiger partial charge in [-0.15, -0.1) is 5.10 Å². The van der Waals surface area contributed by atoms with Crippen molar-refractivity contribution >= 4 is 10.9 Å². The van der Waals surface area contributed by atoms with E-state index in [1.165, 1.54) is 0 Å². The van der Waals surface area contributed by atoms with Crippen molar-refractivity contribution in [2.24, 2.45) is 0 Å². The number of hydrogen-bond acceptors (Lipinski definition) is 3. The van der Waals surface area contributed by atoms with E-state index in [1.807, 2.05) is 60.8 Å². The number of para-hydroxylation sites is 1. The van der Waals surface area contributed by atoms with Crippen LogP contribution in [0.25, 0.3) is 27.8 Å². The molecule has 2 heterocycles. The summed E-state index contributed by atoms with van der Waals surface area (Å²) in [6, 6.07) is 20.1. The molecule has 2 aromatic heterocycles. The molecule has 100 valence electrons. The summed E-state index contributed by atoms with van der Waals surface area (Å²) in [6.45, 7) is 0. The molecule has 0 N–H and O–H groups in total. The average molecular weight is 272 g/mol. The molecular formula is C17H12N4. The minimum absolute atomic E-state index is 0.851. The minimum Gasteiger partial charge on any atom is -0.256 e. The Morgan fingerprint density at radius 1 is 0.857 bits per heavy atom. The van der Waals surface area contributed by atoms with Crippen LogP contribution in [0.15, 0.2) is 73.1 Å². The van der Waals surface area contributed by atoms with Gasteiger partial charge < -0.3 is 0 Å². The predicted molar refractivity (Wildman–Crippen MR) is 82.1 cm³/mol. The Morgan fingerprint density at radius 3 is 2.67 bits per heavy atom. The van der Waals surface area contributed by atoms with Crippen molar-refractivity contribution in [1.29, 1.82) is 0 Å². The molecule has 0 aliphatic rings. The lowest BCUT2D eigenvalue weighted by Gasteiger charge is -2.00. The molecule has 0 saturated heterocycles. The fraction of sp³-hybridized carbons (Fsp3) is 0. The van der Waals surface area contributed by atoms with Crippen LogP contribution in [0.4, 0.5) is 0 Å². The first-order valence-electron chi connectivity index (χ1n) is 6.73. The molecule has 4 nitrogen and oxygen atoms in total. The van der Waals surface area contributed by atoms with Gasteiger partial charge in [-0.25, -0.2) is 4.68 Å². The standard InChI is InChI=1S/C17H12N4/c1-2-6-15(7-3-1)21-12-17(19-20-21)14-8-9-16-13(11-14)5-4-10-18-16/h1-12H. The molecule has 0 spiro atoms. The lowest BCUT2D eigenvalue weighted by molar-refractivity contribution is 0.804. The van der Waals surface area contributed by atoms with Gasteiger partial charge in [-0.05, 0) is 30.3 Å². The molecule has 0 amide bonds. The van der Waals surface area contributed by atoms with Gasteiger partial charge in [0.1, 0.15) is 5.69 Å². The smallest absolute Gasteiger partial charge is 0.113 e. The molecule has 4 aromatic rings. The molecule has 0 radical (unpaired) electrons. The van der Waals surface area contributed by atoms with Crippen LogP contribution in [0.1, 0.15) is 0 Å². The van der Waals surface area contributed by atoms with Crippen LogP contribution in [-0.4, -0.2) is 20.0 Å². The summed E-state index contributed by atoms with van der Waals surface area (Å²) in [5, 5.41) is 9.56. The Morgan fingerprint density at radius 2 is 1.76 bits per heavy atom. The summed E-state index contributed by atoms with van der Waals surface area (Å²) in [5.74, 6) is 0. The Hall–Kier alpha value is -3.01. The number of aromatic nitrogens is 4. The molecule has 0 atom stereocenters. The highest BCUT2D eigenvalue weighted by Gasteiger charge is 2.06. The molecule has 4 heteroatoms. The number of hydrogen-bond donors (Lipinski definition) is 0. The lowest BCUT2D eigenvalue weighted by atomic mass is 10.1. The molecule has 0 aliphatic carbocycles. The van der Waals surface area contributed by atoms with Crippen LogP contribution in [0.5, 0.6) is 0 Å². The van der Waals surface area contributed by atoms with E-state index >= 15 is 0 Å². The van der Waals surface area contributed by atoms with Gasteiger partial charge in [0.05, 0.1) is 17.4 Å². The second-order valence-corrected chi connectivity index (χ2v) is 4.79. The van der Waals surface area contributed by atoms with E-state index in [-0.39, 0.29) is 0 Å². The SMILES string of the molecule is c1ccc(-n2cc(-c3ccc4ncccc4c3)nn2)cc1. The lowest BCUT2D eigenvalue weighted by Crippen LogP contribution is -1.93.